The van der Waals surface area contributed by atoms with Crippen molar-refractivity contribution < 1.29 is 16.8 Å². The quantitative estimate of drug-likeness (QED) is 0.828. The zero-order chi connectivity index (χ0) is 19.1. The zero-order valence-corrected chi connectivity index (χ0v) is 16.6. The average molecular weight is 399 g/mol. The van der Waals surface area contributed by atoms with E-state index in [-0.39, 0.29) is 36.0 Å². The van der Waals surface area contributed by atoms with E-state index in [0.717, 1.165) is 5.56 Å². The fraction of sp³-hybridized carbons (Fsp3) is 0.438. The summed E-state index contributed by atoms with van der Waals surface area (Å²) in [6.45, 7) is 5.63. The van der Waals surface area contributed by atoms with E-state index in [4.69, 9.17) is 0 Å². The molecule has 1 aliphatic rings. The lowest BCUT2D eigenvalue weighted by atomic mass is 10.2. The van der Waals surface area contributed by atoms with Gasteiger partial charge >= 0.3 is 0 Å². The Kier molecular flexibility index (Phi) is 4.95. The molecular weight excluding hydrogens is 376 g/mol. The summed E-state index contributed by atoms with van der Waals surface area (Å²) in [5.41, 5.74) is 1.88. The molecule has 2 aromatic rings. The molecule has 0 radical (unpaired) electrons. The van der Waals surface area contributed by atoms with E-state index in [0.29, 0.717) is 11.4 Å². The Labute approximate surface area is 153 Å². The number of benzene rings is 1. The summed E-state index contributed by atoms with van der Waals surface area (Å²) < 4.78 is 53.8. The number of aromatic amines is 1. The van der Waals surface area contributed by atoms with Gasteiger partial charge in [0.25, 0.3) is 0 Å². The molecule has 26 heavy (non-hydrogen) atoms. The Hall–Kier alpha value is -1.75. The van der Waals surface area contributed by atoms with Crippen LogP contribution in [0, 0.1) is 20.8 Å². The van der Waals surface area contributed by atoms with Crippen LogP contribution in [0.1, 0.15) is 17.0 Å². The highest BCUT2D eigenvalue weighted by Crippen LogP contribution is 2.24. The van der Waals surface area contributed by atoms with Gasteiger partial charge in [-0.05, 0) is 32.9 Å². The number of hydrogen-bond acceptors (Lipinski definition) is 5. The van der Waals surface area contributed by atoms with Crippen molar-refractivity contribution in [1.29, 1.82) is 0 Å². The molecule has 0 aliphatic carbocycles. The molecule has 0 unspecified atom stereocenters. The van der Waals surface area contributed by atoms with Gasteiger partial charge in [0.05, 0.1) is 16.3 Å². The maximum Gasteiger partial charge on any atom is 0.246 e. The molecular formula is C16H22N4O4S2. The average Bonchev–Trinajstić information content (AvgIpc) is 2.94. The van der Waals surface area contributed by atoms with Crippen LogP contribution in [0.25, 0.3) is 0 Å². The lowest BCUT2D eigenvalue weighted by Gasteiger charge is -2.33. The van der Waals surface area contributed by atoms with Crippen molar-refractivity contribution in [3.63, 3.8) is 0 Å². The Morgan fingerprint density at radius 1 is 0.846 bits per heavy atom. The highest BCUT2D eigenvalue weighted by atomic mass is 32.2. The number of hydrogen-bond donors (Lipinski definition) is 1. The lowest BCUT2D eigenvalue weighted by molar-refractivity contribution is 0.272. The van der Waals surface area contributed by atoms with E-state index in [1.807, 2.05) is 6.92 Å². The van der Waals surface area contributed by atoms with Crippen LogP contribution in [0.2, 0.25) is 0 Å². The summed E-state index contributed by atoms with van der Waals surface area (Å²) in [7, 11) is -7.33. The van der Waals surface area contributed by atoms with E-state index >= 15 is 0 Å². The fourth-order valence-electron chi connectivity index (χ4n) is 3.06. The van der Waals surface area contributed by atoms with Crippen LogP contribution >= 0.6 is 0 Å². The summed E-state index contributed by atoms with van der Waals surface area (Å²) >= 11 is 0. The third-order valence-electron chi connectivity index (χ3n) is 4.51. The number of aromatic nitrogens is 2. The van der Waals surface area contributed by atoms with E-state index in [9.17, 15) is 16.8 Å². The number of H-pyrrole nitrogens is 1. The van der Waals surface area contributed by atoms with Gasteiger partial charge < -0.3 is 0 Å². The summed E-state index contributed by atoms with van der Waals surface area (Å²) in [5.74, 6) is 0. The van der Waals surface area contributed by atoms with Crippen molar-refractivity contribution in [1.82, 2.24) is 18.8 Å². The molecule has 1 aromatic heterocycles. The topological polar surface area (TPSA) is 103 Å². The maximum absolute atomic E-state index is 12.9. The molecule has 1 aromatic carbocycles. The minimum atomic E-state index is -3.70. The van der Waals surface area contributed by atoms with Gasteiger partial charge in [-0.25, -0.2) is 16.8 Å². The van der Waals surface area contributed by atoms with Crippen LogP contribution in [0.15, 0.2) is 34.1 Å². The van der Waals surface area contributed by atoms with Gasteiger partial charge in [0.15, 0.2) is 0 Å². The van der Waals surface area contributed by atoms with Crippen molar-refractivity contribution >= 4 is 20.0 Å². The SMILES string of the molecule is Cc1ccc(S(=O)(=O)N2CCN(S(=O)(=O)c3c(C)n[nH]c3C)CC2)cc1. The van der Waals surface area contributed by atoms with Crippen molar-refractivity contribution in [2.45, 2.75) is 30.6 Å². The molecule has 1 N–H and O–H groups in total. The minimum Gasteiger partial charge on any atom is -0.281 e. The first kappa shape index (κ1) is 19.0. The van der Waals surface area contributed by atoms with E-state index < -0.39 is 20.0 Å². The second-order valence-electron chi connectivity index (χ2n) is 6.38. The number of nitrogens with zero attached hydrogens (tertiary/aromatic N) is 3. The van der Waals surface area contributed by atoms with Gasteiger partial charge in [-0.1, -0.05) is 17.7 Å². The molecule has 3 rings (SSSR count). The van der Waals surface area contributed by atoms with E-state index in [1.54, 1.807) is 38.1 Å². The van der Waals surface area contributed by atoms with Crippen LogP contribution in [-0.4, -0.2) is 61.8 Å². The molecule has 0 bridgehead atoms. The van der Waals surface area contributed by atoms with E-state index in [2.05, 4.69) is 10.2 Å². The van der Waals surface area contributed by atoms with E-state index in [1.165, 1.54) is 8.61 Å². The summed E-state index contributed by atoms with van der Waals surface area (Å²) in [5, 5.41) is 6.62. The van der Waals surface area contributed by atoms with Gasteiger partial charge in [0.2, 0.25) is 20.0 Å². The van der Waals surface area contributed by atoms with Crippen LogP contribution < -0.4 is 0 Å². The molecule has 142 valence electrons. The molecule has 0 atom stereocenters. The summed E-state index contributed by atoms with van der Waals surface area (Å²) in [6, 6.07) is 6.65. The summed E-state index contributed by atoms with van der Waals surface area (Å²) in [6.07, 6.45) is 0. The van der Waals surface area contributed by atoms with Gasteiger partial charge in [0, 0.05) is 26.2 Å². The third kappa shape index (κ3) is 3.29. The fourth-order valence-corrected chi connectivity index (χ4v) is 6.24. The number of aryl methyl sites for hydroxylation is 3. The molecule has 0 saturated carbocycles. The molecule has 1 fully saturated rings. The normalized spacial score (nSPS) is 17.5. The van der Waals surface area contributed by atoms with Crippen LogP contribution in [0.5, 0.6) is 0 Å². The molecule has 1 aliphatic heterocycles. The van der Waals surface area contributed by atoms with Crippen LogP contribution in [0.3, 0.4) is 0 Å². The van der Waals surface area contributed by atoms with Crippen molar-refractivity contribution in [3.8, 4) is 0 Å². The van der Waals surface area contributed by atoms with Gasteiger partial charge in [-0.3, -0.25) is 5.10 Å². The minimum absolute atomic E-state index is 0.109. The zero-order valence-electron chi connectivity index (χ0n) is 14.9. The highest BCUT2D eigenvalue weighted by Gasteiger charge is 2.35. The van der Waals surface area contributed by atoms with Gasteiger partial charge in [0.1, 0.15) is 4.90 Å². The van der Waals surface area contributed by atoms with Crippen LogP contribution in [-0.2, 0) is 20.0 Å². The molecule has 8 nitrogen and oxygen atoms in total. The maximum atomic E-state index is 12.9. The number of rotatable bonds is 4. The predicted octanol–water partition coefficient (Wildman–Crippen LogP) is 1.03. The largest absolute Gasteiger partial charge is 0.281 e. The Morgan fingerprint density at radius 2 is 1.35 bits per heavy atom. The van der Waals surface area contributed by atoms with Crippen molar-refractivity contribution in [3.05, 3.63) is 41.2 Å². The molecule has 10 heteroatoms. The first-order valence-corrected chi connectivity index (χ1v) is 11.1. The van der Waals surface area contributed by atoms with Crippen LogP contribution in [0.4, 0.5) is 0 Å². The monoisotopic (exact) mass is 398 g/mol. The standard InChI is InChI=1S/C16H22N4O4S2/c1-12-4-6-15(7-5-12)25(21,22)19-8-10-20(11-9-19)26(23,24)16-13(2)17-18-14(16)3/h4-7H,8-11H2,1-3H3,(H,17,18). The second kappa shape index (κ2) is 6.76. The molecule has 0 spiro atoms. The highest BCUT2D eigenvalue weighted by molar-refractivity contribution is 7.89. The van der Waals surface area contributed by atoms with Gasteiger partial charge in [-0.15, -0.1) is 0 Å². The molecule has 1 saturated heterocycles. The first-order chi connectivity index (χ1) is 12.1. The first-order valence-electron chi connectivity index (χ1n) is 8.22. The predicted molar refractivity (Wildman–Crippen MR) is 96.8 cm³/mol. The van der Waals surface area contributed by atoms with Crippen molar-refractivity contribution in [2.24, 2.45) is 0 Å². The van der Waals surface area contributed by atoms with Gasteiger partial charge in [-0.2, -0.15) is 13.7 Å². The Bertz CT molecular complexity index is 984. The number of nitrogens with one attached hydrogen (secondary N) is 1. The smallest absolute Gasteiger partial charge is 0.246 e. The van der Waals surface area contributed by atoms with Crippen molar-refractivity contribution in [2.75, 3.05) is 26.2 Å². The number of sulfonamides is 2. The summed E-state index contributed by atoms with van der Waals surface area (Å²) in [4.78, 5) is 0.397. The molecule has 2 heterocycles. The second-order valence-corrected chi connectivity index (χ2v) is 10.2. The number of piperazine rings is 1. The third-order valence-corrected chi connectivity index (χ3v) is 8.59. The molecule has 0 amide bonds. The Morgan fingerprint density at radius 3 is 1.81 bits per heavy atom. The lowest BCUT2D eigenvalue weighted by Crippen LogP contribution is -2.50. The Balaban J connectivity index is 1.78.